The molecule has 0 saturated heterocycles. The topological polar surface area (TPSA) is 137 Å². The number of aromatic nitrogens is 1. The number of nitrogens with zero attached hydrogens (tertiary/aromatic N) is 1. The predicted molar refractivity (Wildman–Crippen MR) is 109 cm³/mol. The molecular weight excluding hydrogens is 396 g/mol. The Morgan fingerprint density at radius 2 is 1.90 bits per heavy atom. The molecule has 4 N–H and O–H groups in total. The molecule has 10 heteroatoms. The van der Waals surface area contributed by atoms with Crippen LogP contribution < -0.4 is 10.0 Å². The molecule has 3 rings (SSSR count). The molecule has 0 saturated carbocycles. The number of nitro benzene ring substituents is 1. The number of H-pyrrole nitrogens is 1. The van der Waals surface area contributed by atoms with Crippen molar-refractivity contribution in [3.05, 3.63) is 70.4 Å². The van der Waals surface area contributed by atoms with Crippen molar-refractivity contribution in [2.24, 2.45) is 0 Å². The monoisotopic (exact) mass is 414 g/mol. The molecule has 0 aliphatic heterocycles. The lowest BCUT2D eigenvalue weighted by atomic mass is 10.1. The number of amides is 1. The number of rotatable bonds is 9. The summed E-state index contributed by atoms with van der Waals surface area (Å²) >= 11 is 0.941. The number of nitrogens with one attached hydrogen (secondary N) is 3. The maximum Gasteiger partial charge on any atom is 0.326 e. The van der Waals surface area contributed by atoms with Gasteiger partial charge in [-0.3, -0.25) is 19.6 Å². The molecule has 9 nitrogen and oxygen atoms in total. The summed E-state index contributed by atoms with van der Waals surface area (Å²) in [6.45, 7) is -0.200. The molecule has 1 unspecified atom stereocenters. The lowest BCUT2D eigenvalue weighted by Crippen LogP contribution is -2.45. The summed E-state index contributed by atoms with van der Waals surface area (Å²) in [5.41, 5.74) is 1.60. The number of para-hydroxylation sites is 2. The van der Waals surface area contributed by atoms with Gasteiger partial charge < -0.3 is 15.4 Å². The highest BCUT2D eigenvalue weighted by Gasteiger charge is 2.22. The van der Waals surface area contributed by atoms with E-state index >= 15 is 0 Å². The minimum atomic E-state index is -1.14. The van der Waals surface area contributed by atoms with Crippen molar-refractivity contribution >= 4 is 40.4 Å². The Hall–Kier alpha value is -3.37. The van der Waals surface area contributed by atoms with E-state index in [0.29, 0.717) is 4.90 Å². The van der Waals surface area contributed by atoms with Gasteiger partial charge >= 0.3 is 5.97 Å². The highest BCUT2D eigenvalue weighted by atomic mass is 32.2. The molecular formula is C19H18N4O5S. The van der Waals surface area contributed by atoms with Gasteiger partial charge in [-0.15, -0.1) is 0 Å². The molecule has 0 aliphatic rings. The third-order valence-corrected chi connectivity index (χ3v) is 5.06. The van der Waals surface area contributed by atoms with Crippen LogP contribution in [0.5, 0.6) is 0 Å². The zero-order chi connectivity index (χ0) is 20.8. The van der Waals surface area contributed by atoms with Gasteiger partial charge in [0.05, 0.1) is 11.5 Å². The fourth-order valence-electron chi connectivity index (χ4n) is 2.84. The summed E-state index contributed by atoms with van der Waals surface area (Å²) in [5.74, 6) is -1.67. The van der Waals surface area contributed by atoms with Crippen LogP contribution in [0.1, 0.15) is 5.56 Å². The predicted octanol–water partition coefficient (Wildman–Crippen LogP) is 2.48. The lowest BCUT2D eigenvalue weighted by Gasteiger charge is -2.14. The quantitative estimate of drug-likeness (QED) is 0.240. The smallest absolute Gasteiger partial charge is 0.326 e. The summed E-state index contributed by atoms with van der Waals surface area (Å²) in [7, 11) is 0. The first-order chi connectivity index (χ1) is 14.0. The maximum absolute atomic E-state index is 12.2. The van der Waals surface area contributed by atoms with Crippen LogP contribution >= 0.6 is 11.9 Å². The summed E-state index contributed by atoms with van der Waals surface area (Å²) in [6.07, 6.45) is 1.86. The molecule has 0 spiro atoms. The van der Waals surface area contributed by atoms with Gasteiger partial charge in [-0.2, -0.15) is 0 Å². The minimum absolute atomic E-state index is 0.0758. The average molecular weight is 414 g/mol. The van der Waals surface area contributed by atoms with Crippen LogP contribution in [0.4, 0.5) is 5.69 Å². The Kier molecular flexibility index (Phi) is 6.47. The standard InChI is InChI=1S/C19H18N4O5S/c24-18(11-21-29-17-8-4-3-7-16(17)23(27)28)22-15(19(25)26)9-12-10-20-14-6-2-1-5-13(12)14/h1-8,10,15,20-21H,9,11H2,(H,22,24)(H,25,26). The van der Waals surface area contributed by atoms with E-state index in [4.69, 9.17) is 0 Å². The molecule has 1 atom stereocenters. The SMILES string of the molecule is O=C(CNSc1ccccc1[N+](=O)[O-])NC(Cc1c[nH]c2ccccc12)C(=O)O. The van der Waals surface area contributed by atoms with E-state index in [-0.39, 0.29) is 18.7 Å². The highest BCUT2D eigenvalue weighted by molar-refractivity contribution is 7.97. The molecule has 0 radical (unpaired) electrons. The van der Waals surface area contributed by atoms with Gasteiger partial charge in [0.2, 0.25) is 5.91 Å². The van der Waals surface area contributed by atoms with Crippen LogP contribution in [-0.4, -0.2) is 39.5 Å². The first kappa shape index (κ1) is 20.4. The van der Waals surface area contributed by atoms with Crippen molar-refractivity contribution in [3.8, 4) is 0 Å². The number of carboxylic acids is 1. The van der Waals surface area contributed by atoms with Crippen molar-refractivity contribution in [1.82, 2.24) is 15.0 Å². The second kappa shape index (κ2) is 9.22. The Labute approximate surface area is 169 Å². The third kappa shape index (κ3) is 5.12. The zero-order valence-electron chi connectivity index (χ0n) is 15.1. The van der Waals surface area contributed by atoms with Crippen LogP contribution in [0.2, 0.25) is 0 Å². The first-order valence-electron chi connectivity index (χ1n) is 8.66. The van der Waals surface area contributed by atoms with Crippen LogP contribution in [0.25, 0.3) is 10.9 Å². The molecule has 0 aliphatic carbocycles. The summed E-state index contributed by atoms with van der Waals surface area (Å²) in [6, 6.07) is 12.5. The van der Waals surface area contributed by atoms with Gasteiger partial charge in [0, 0.05) is 29.6 Å². The van der Waals surface area contributed by atoms with E-state index in [2.05, 4.69) is 15.0 Å². The van der Waals surface area contributed by atoms with E-state index in [9.17, 15) is 24.8 Å². The number of aromatic amines is 1. The number of benzene rings is 2. The molecule has 1 heterocycles. The Morgan fingerprint density at radius 1 is 1.17 bits per heavy atom. The second-order valence-electron chi connectivity index (χ2n) is 6.17. The van der Waals surface area contributed by atoms with E-state index < -0.39 is 22.8 Å². The van der Waals surface area contributed by atoms with E-state index in [1.54, 1.807) is 24.4 Å². The van der Waals surface area contributed by atoms with Crippen LogP contribution in [-0.2, 0) is 16.0 Å². The summed E-state index contributed by atoms with van der Waals surface area (Å²) in [4.78, 5) is 37.7. The van der Waals surface area contributed by atoms with Crippen molar-refractivity contribution in [2.45, 2.75) is 17.4 Å². The molecule has 1 amide bonds. The molecule has 1 aromatic heterocycles. The number of fused-ring (bicyclic) bond motifs is 1. The fraction of sp³-hybridized carbons (Fsp3) is 0.158. The van der Waals surface area contributed by atoms with Crippen molar-refractivity contribution in [2.75, 3.05) is 6.54 Å². The normalized spacial score (nSPS) is 11.9. The zero-order valence-corrected chi connectivity index (χ0v) is 15.9. The number of nitro groups is 1. The molecule has 0 fully saturated rings. The van der Waals surface area contributed by atoms with Crippen LogP contribution in [0.3, 0.4) is 0 Å². The van der Waals surface area contributed by atoms with Gasteiger partial charge in [0.1, 0.15) is 10.9 Å². The fourth-order valence-corrected chi connectivity index (χ4v) is 3.59. The minimum Gasteiger partial charge on any atom is -0.480 e. The number of carbonyl (C=O) groups is 2. The highest BCUT2D eigenvalue weighted by Crippen LogP contribution is 2.26. The molecule has 29 heavy (non-hydrogen) atoms. The molecule has 2 aromatic carbocycles. The Balaban J connectivity index is 1.58. The van der Waals surface area contributed by atoms with Crippen LogP contribution in [0, 0.1) is 10.1 Å². The summed E-state index contributed by atoms with van der Waals surface area (Å²) in [5, 5.41) is 23.9. The number of carbonyl (C=O) groups excluding carboxylic acids is 1. The lowest BCUT2D eigenvalue weighted by molar-refractivity contribution is -0.387. The van der Waals surface area contributed by atoms with Gasteiger partial charge in [0.15, 0.2) is 0 Å². The van der Waals surface area contributed by atoms with Crippen molar-refractivity contribution in [3.63, 3.8) is 0 Å². The average Bonchev–Trinajstić information content (AvgIpc) is 3.10. The van der Waals surface area contributed by atoms with Gasteiger partial charge in [-0.25, -0.2) is 4.79 Å². The number of aliphatic carboxylic acids is 1. The largest absolute Gasteiger partial charge is 0.480 e. The van der Waals surface area contributed by atoms with Gasteiger partial charge in [0.25, 0.3) is 5.69 Å². The van der Waals surface area contributed by atoms with E-state index in [1.165, 1.54) is 6.07 Å². The summed E-state index contributed by atoms with van der Waals surface area (Å²) < 4.78 is 2.73. The Morgan fingerprint density at radius 3 is 2.66 bits per heavy atom. The molecule has 150 valence electrons. The van der Waals surface area contributed by atoms with E-state index in [0.717, 1.165) is 28.4 Å². The number of hydrogen-bond acceptors (Lipinski definition) is 6. The third-order valence-electron chi connectivity index (χ3n) is 4.21. The molecule has 0 bridgehead atoms. The van der Waals surface area contributed by atoms with Crippen molar-refractivity contribution in [1.29, 1.82) is 0 Å². The Bertz CT molecular complexity index is 1050. The molecule has 3 aromatic rings. The first-order valence-corrected chi connectivity index (χ1v) is 9.47. The van der Waals surface area contributed by atoms with E-state index in [1.807, 2.05) is 24.3 Å². The van der Waals surface area contributed by atoms with Gasteiger partial charge in [-0.1, -0.05) is 30.3 Å². The van der Waals surface area contributed by atoms with Crippen molar-refractivity contribution < 1.29 is 19.6 Å². The number of hydrogen-bond donors (Lipinski definition) is 4. The number of carboxylic acid groups (broad SMARTS) is 1. The second-order valence-corrected chi connectivity index (χ2v) is 7.10. The van der Waals surface area contributed by atoms with Crippen LogP contribution in [0.15, 0.2) is 59.6 Å². The van der Waals surface area contributed by atoms with Gasteiger partial charge in [-0.05, 0) is 29.6 Å². The maximum atomic E-state index is 12.2.